The Morgan fingerprint density at radius 1 is 1.35 bits per heavy atom. The second-order valence-corrected chi connectivity index (χ2v) is 3.99. The number of rotatable bonds is 5. The standard InChI is InChI=1S/C12H15BF3O/c1-4-9(2)8-17-12-6-5-11(7-10(12)3)13(14,15)16/h5-7H,2,4,8H2,1,3H3/q-1. The van der Waals surface area contributed by atoms with Crippen molar-refractivity contribution in [2.75, 3.05) is 6.61 Å². The summed E-state index contributed by atoms with van der Waals surface area (Å²) in [6.07, 6.45) is 0.794. The molecule has 1 rings (SSSR count). The molecule has 0 saturated heterocycles. The third-order valence-corrected chi connectivity index (χ3v) is 2.51. The molecule has 0 saturated carbocycles. The van der Waals surface area contributed by atoms with Crippen LogP contribution in [0.5, 0.6) is 5.75 Å². The maximum Gasteiger partial charge on any atom is 0.509 e. The van der Waals surface area contributed by atoms with Crippen molar-refractivity contribution in [1.82, 2.24) is 0 Å². The predicted octanol–water partition coefficient (Wildman–Crippen LogP) is 3.39. The van der Waals surface area contributed by atoms with Crippen LogP contribution in [0.3, 0.4) is 0 Å². The predicted molar refractivity (Wildman–Crippen MR) is 64.8 cm³/mol. The number of halogens is 3. The van der Waals surface area contributed by atoms with Crippen molar-refractivity contribution in [2.45, 2.75) is 20.3 Å². The third kappa shape index (κ3) is 3.84. The summed E-state index contributed by atoms with van der Waals surface area (Å²) in [5.74, 6) is 0.475. The highest BCUT2D eigenvalue weighted by molar-refractivity contribution is 6.73. The van der Waals surface area contributed by atoms with Crippen LogP contribution in [0.2, 0.25) is 0 Å². The smallest absolute Gasteiger partial charge is 0.489 e. The lowest BCUT2D eigenvalue weighted by molar-refractivity contribution is 0.347. The minimum absolute atomic E-state index is 0.341. The summed E-state index contributed by atoms with van der Waals surface area (Å²) in [4.78, 5) is 0. The van der Waals surface area contributed by atoms with E-state index in [2.05, 4.69) is 6.58 Å². The van der Waals surface area contributed by atoms with Gasteiger partial charge in [0.25, 0.3) is 0 Å². The van der Waals surface area contributed by atoms with Crippen molar-refractivity contribution in [3.05, 3.63) is 35.9 Å². The van der Waals surface area contributed by atoms with Crippen molar-refractivity contribution in [2.24, 2.45) is 0 Å². The molecule has 0 amide bonds. The molecule has 0 fully saturated rings. The molecule has 0 aromatic heterocycles. The minimum atomic E-state index is -4.94. The van der Waals surface area contributed by atoms with Crippen LogP contribution in [0.1, 0.15) is 18.9 Å². The summed E-state index contributed by atoms with van der Waals surface area (Å²) in [7, 11) is 0. The zero-order chi connectivity index (χ0) is 13.1. The Bertz CT molecular complexity index is 413. The highest BCUT2D eigenvalue weighted by Crippen LogP contribution is 2.19. The van der Waals surface area contributed by atoms with Crippen LogP contribution in [0.15, 0.2) is 30.4 Å². The first kappa shape index (κ1) is 13.7. The first-order valence-corrected chi connectivity index (χ1v) is 5.44. The lowest BCUT2D eigenvalue weighted by Crippen LogP contribution is -2.34. The maximum absolute atomic E-state index is 12.5. The van der Waals surface area contributed by atoms with Crippen molar-refractivity contribution >= 4 is 12.4 Å². The third-order valence-electron chi connectivity index (χ3n) is 2.51. The fourth-order valence-corrected chi connectivity index (χ4v) is 1.32. The number of benzene rings is 1. The molecule has 1 aromatic rings. The Balaban J connectivity index is 2.80. The van der Waals surface area contributed by atoms with E-state index in [1.165, 1.54) is 6.07 Å². The van der Waals surface area contributed by atoms with E-state index in [4.69, 9.17) is 4.74 Å². The first-order chi connectivity index (χ1) is 7.84. The van der Waals surface area contributed by atoms with Gasteiger partial charge in [-0.2, -0.15) is 0 Å². The summed E-state index contributed by atoms with van der Waals surface area (Å²) in [5.41, 5.74) is 0.809. The van der Waals surface area contributed by atoms with Crippen molar-refractivity contribution in [3.63, 3.8) is 0 Å². The first-order valence-electron chi connectivity index (χ1n) is 5.44. The van der Waals surface area contributed by atoms with Crippen molar-refractivity contribution < 1.29 is 17.7 Å². The summed E-state index contributed by atoms with van der Waals surface area (Å²) in [6, 6.07) is 3.53. The van der Waals surface area contributed by atoms with Crippen LogP contribution < -0.4 is 10.2 Å². The molecule has 0 spiro atoms. The van der Waals surface area contributed by atoms with E-state index in [0.717, 1.165) is 24.1 Å². The molecule has 94 valence electrons. The van der Waals surface area contributed by atoms with Gasteiger partial charge in [0.1, 0.15) is 12.4 Å². The Morgan fingerprint density at radius 3 is 2.47 bits per heavy atom. The molecule has 0 N–H and O–H groups in total. The fourth-order valence-electron chi connectivity index (χ4n) is 1.32. The van der Waals surface area contributed by atoms with Gasteiger partial charge in [-0.3, -0.25) is 0 Å². The lowest BCUT2D eigenvalue weighted by atomic mass is 9.79. The van der Waals surface area contributed by atoms with Crippen LogP contribution in [0.4, 0.5) is 12.9 Å². The highest BCUT2D eigenvalue weighted by Gasteiger charge is 2.25. The van der Waals surface area contributed by atoms with Crippen LogP contribution in [-0.4, -0.2) is 13.6 Å². The molecular formula is C12H15BF3O-. The summed E-state index contributed by atoms with van der Waals surface area (Å²) in [6.45, 7) is 2.73. The van der Waals surface area contributed by atoms with E-state index in [-0.39, 0.29) is 0 Å². The monoisotopic (exact) mass is 243 g/mol. The van der Waals surface area contributed by atoms with Gasteiger partial charge in [-0.15, -0.1) is 5.46 Å². The van der Waals surface area contributed by atoms with Crippen LogP contribution in [0.25, 0.3) is 0 Å². The quantitative estimate of drug-likeness (QED) is 0.568. The van der Waals surface area contributed by atoms with Gasteiger partial charge in [0.2, 0.25) is 0 Å². The molecular weight excluding hydrogens is 228 g/mol. The van der Waals surface area contributed by atoms with Crippen LogP contribution >= 0.6 is 0 Å². The van der Waals surface area contributed by atoms with Gasteiger partial charge in [0.15, 0.2) is 0 Å². The summed E-state index contributed by atoms with van der Waals surface area (Å²) < 4.78 is 42.8. The van der Waals surface area contributed by atoms with Crippen molar-refractivity contribution in [1.29, 1.82) is 0 Å². The molecule has 0 unspecified atom stereocenters. The number of aryl methyl sites for hydroxylation is 1. The van der Waals surface area contributed by atoms with Crippen LogP contribution in [0, 0.1) is 6.92 Å². The van der Waals surface area contributed by atoms with Crippen LogP contribution in [-0.2, 0) is 0 Å². The Morgan fingerprint density at radius 2 is 2.00 bits per heavy atom. The summed E-state index contributed by atoms with van der Waals surface area (Å²) >= 11 is 0. The molecule has 1 aromatic carbocycles. The molecule has 0 aliphatic heterocycles. The van der Waals surface area contributed by atoms with Gasteiger partial charge >= 0.3 is 6.98 Å². The van der Waals surface area contributed by atoms with Gasteiger partial charge in [-0.25, -0.2) is 0 Å². The summed E-state index contributed by atoms with van der Waals surface area (Å²) in [5, 5.41) is 0. The Kier molecular flexibility index (Phi) is 4.26. The van der Waals surface area contributed by atoms with Crippen molar-refractivity contribution in [3.8, 4) is 5.75 Å². The molecule has 1 nitrogen and oxygen atoms in total. The molecule has 0 atom stereocenters. The normalized spacial score (nSPS) is 11.4. The number of ether oxygens (including phenoxy) is 1. The molecule has 0 radical (unpaired) electrons. The van der Waals surface area contributed by atoms with E-state index >= 15 is 0 Å². The molecule has 0 heterocycles. The average Bonchev–Trinajstić information content (AvgIpc) is 2.25. The second kappa shape index (κ2) is 5.30. The Labute approximate surface area is 99.3 Å². The molecule has 5 heteroatoms. The molecule has 0 bridgehead atoms. The fraction of sp³-hybridized carbons (Fsp3) is 0.333. The van der Waals surface area contributed by atoms with E-state index in [0.29, 0.717) is 17.9 Å². The highest BCUT2D eigenvalue weighted by atomic mass is 19.4. The SMILES string of the molecule is C=C(CC)COc1ccc([B-](F)(F)F)cc1C. The second-order valence-electron chi connectivity index (χ2n) is 3.99. The maximum atomic E-state index is 12.5. The molecule has 0 aliphatic rings. The zero-order valence-corrected chi connectivity index (χ0v) is 9.97. The molecule has 0 aliphatic carbocycles. The Hall–Kier alpha value is -1.39. The van der Waals surface area contributed by atoms with E-state index < -0.39 is 12.4 Å². The van der Waals surface area contributed by atoms with E-state index in [9.17, 15) is 12.9 Å². The molecule has 17 heavy (non-hydrogen) atoms. The van der Waals surface area contributed by atoms with Gasteiger partial charge in [-0.05, 0) is 30.5 Å². The minimum Gasteiger partial charge on any atom is -0.489 e. The lowest BCUT2D eigenvalue weighted by Gasteiger charge is -2.17. The largest absolute Gasteiger partial charge is 0.509 e. The number of hydrogen-bond acceptors (Lipinski definition) is 1. The van der Waals surface area contributed by atoms with E-state index in [1.807, 2.05) is 6.92 Å². The average molecular weight is 243 g/mol. The number of hydrogen-bond donors (Lipinski definition) is 0. The van der Waals surface area contributed by atoms with Gasteiger partial charge in [-0.1, -0.05) is 25.6 Å². The van der Waals surface area contributed by atoms with Gasteiger partial charge in [0, 0.05) is 0 Å². The topological polar surface area (TPSA) is 9.23 Å². The zero-order valence-electron chi connectivity index (χ0n) is 9.97. The van der Waals surface area contributed by atoms with Gasteiger partial charge < -0.3 is 17.7 Å². The van der Waals surface area contributed by atoms with Gasteiger partial charge in [0.05, 0.1) is 0 Å². The van der Waals surface area contributed by atoms with E-state index in [1.54, 1.807) is 6.92 Å².